The standard InChI is InChI=1S/C19H11BrN2/c20-12-9-10-17-15(11-12)13-5-1-2-6-14(13)19-21-16-7-3-4-8-18(16)22(17)19/h1-11H. The maximum atomic E-state index is 4.87. The molecule has 0 saturated heterocycles. The van der Waals surface area contributed by atoms with Crippen LogP contribution in [-0.4, -0.2) is 9.38 Å². The number of nitrogens with zero attached hydrogens (tertiary/aromatic N) is 2. The Morgan fingerprint density at radius 1 is 0.727 bits per heavy atom. The number of hydrogen-bond acceptors (Lipinski definition) is 1. The molecule has 0 N–H and O–H groups in total. The van der Waals surface area contributed by atoms with Gasteiger partial charge in [-0.05, 0) is 35.7 Å². The van der Waals surface area contributed by atoms with Crippen LogP contribution in [0.2, 0.25) is 0 Å². The van der Waals surface area contributed by atoms with Gasteiger partial charge in [-0.1, -0.05) is 52.3 Å². The Hall–Kier alpha value is -2.39. The van der Waals surface area contributed by atoms with Crippen molar-refractivity contribution < 1.29 is 0 Å². The van der Waals surface area contributed by atoms with Crippen molar-refractivity contribution in [3.8, 4) is 0 Å². The molecule has 0 aliphatic carbocycles. The largest absolute Gasteiger partial charge is 0.292 e. The first-order valence-corrected chi connectivity index (χ1v) is 7.99. The third-order valence-electron chi connectivity index (χ3n) is 4.22. The molecule has 2 nitrogen and oxygen atoms in total. The van der Waals surface area contributed by atoms with Crippen LogP contribution in [0.5, 0.6) is 0 Å². The molecule has 0 atom stereocenters. The van der Waals surface area contributed by atoms with Gasteiger partial charge in [0.25, 0.3) is 0 Å². The van der Waals surface area contributed by atoms with Crippen molar-refractivity contribution in [3.05, 3.63) is 71.2 Å². The van der Waals surface area contributed by atoms with Crippen molar-refractivity contribution in [2.45, 2.75) is 0 Å². The first-order chi connectivity index (χ1) is 10.8. The highest BCUT2D eigenvalue weighted by molar-refractivity contribution is 9.10. The zero-order chi connectivity index (χ0) is 14.7. The number of para-hydroxylation sites is 2. The summed E-state index contributed by atoms with van der Waals surface area (Å²) in [5.41, 5.74) is 4.39. The highest BCUT2D eigenvalue weighted by atomic mass is 79.9. The van der Waals surface area contributed by atoms with Crippen molar-refractivity contribution in [3.63, 3.8) is 0 Å². The molecule has 104 valence electrons. The Kier molecular flexibility index (Phi) is 2.38. The van der Waals surface area contributed by atoms with Gasteiger partial charge in [0.1, 0.15) is 5.65 Å². The molecular weight excluding hydrogens is 336 g/mol. The molecule has 2 aromatic heterocycles. The van der Waals surface area contributed by atoms with Crippen LogP contribution in [0.3, 0.4) is 0 Å². The third-order valence-corrected chi connectivity index (χ3v) is 4.71. The van der Waals surface area contributed by atoms with E-state index in [2.05, 4.69) is 81.0 Å². The number of pyridine rings is 1. The number of rotatable bonds is 0. The van der Waals surface area contributed by atoms with Gasteiger partial charge >= 0.3 is 0 Å². The molecule has 3 heteroatoms. The van der Waals surface area contributed by atoms with Gasteiger partial charge in [-0.25, -0.2) is 4.98 Å². The highest BCUT2D eigenvalue weighted by Gasteiger charge is 2.12. The van der Waals surface area contributed by atoms with E-state index in [1.807, 2.05) is 6.07 Å². The van der Waals surface area contributed by atoms with Crippen molar-refractivity contribution in [2.75, 3.05) is 0 Å². The molecule has 0 aliphatic rings. The topological polar surface area (TPSA) is 17.3 Å². The van der Waals surface area contributed by atoms with Gasteiger partial charge in [0.15, 0.2) is 0 Å². The lowest BCUT2D eigenvalue weighted by atomic mass is 10.1. The molecular formula is C19H11BrN2. The molecule has 0 saturated carbocycles. The van der Waals surface area contributed by atoms with Crippen LogP contribution >= 0.6 is 15.9 Å². The van der Waals surface area contributed by atoms with Gasteiger partial charge in [0.05, 0.1) is 16.6 Å². The molecule has 5 rings (SSSR count). The molecule has 0 radical (unpaired) electrons. The van der Waals surface area contributed by atoms with E-state index in [1.165, 1.54) is 21.7 Å². The summed E-state index contributed by atoms with van der Waals surface area (Å²) < 4.78 is 3.35. The Labute approximate surface area is 135 Å². The summed E-state index contributed by atoms with van der Waals surface area (Å²) in [6, 6.07) is 23.2. The van der Waals surface area contributed by atoms with Crippen molar-refractivity contribution in [1.82, 2.24) is 9.38 Å². The fraction of sp³-hybridized carbons (Fsp3) is 0. The van der Waals surface area contributed by atoms with E-state index in [-0.39, 0.29) is 0 Å². The van der Waals surface area contributed by atoms with E-state index in [1.54, 1.807) is 0 Å². The van der Waals surface area contributed by atoms with Crippen LogP contribution in [0.15, 0.2) is 71.2 Å². The maximum absolute atomic E-state index is 4.87. The van der Waals surface area contributed by atoms with Crippen LogP contribution in [0.1, 0.15) is 0 Å². The summed E-state index contributed by atoms with van der Waals surface area (Å²) in [6.45, 7) is 0. The van der Waals surface area contributed by atoms with E-state index in [0.717, 1.165) is 21.2 Å². The predicted molar refractivity (Wildman–Crippen MR) is 95.4 cm³/mol. The van der Waals surface area contributed by atoms with Crippen LogP contribution in [0.4, 0.5) is 0 Å². The predicted octanol–water partition coefficient (Wildman–Crippen LogP) is 5.56. The molecule has 0 amide bonds. The minimum Gasteiger partial charge on any atom is -0.292 e. The van der Waals surface area contributed by atoms with Crippen LogP contribution in [0.25, 0.3) is 38.4 Å². The lowest BCUT2D eigenvalue weighted by molar-refractivity contribution is 1.31. The SMILES string of the molecule is Brc1ccc2c(c1)c1ccccc1c1nc3ccccc3n21. The Bertz CT molecular complexity index is 1190. The first kappa shape index (κ1) is 12.2. The zero-order valence-corrected chi connectivity index (χ0v) is 13.2. The first-order valence-electron chi connectivity index (χ1n) is 7.20. The molecule has 0 bridgehead atoms. The second-order valence-electron chi connectivity index (χ2n) is 5.47. The van der Waals surface area contributed by atoms with Gasteiger partial charge in [0, 0.05) is 15.2 Å². The Morgan fingerprint density at radius 3 is 2.41 bits per heavy atom. The quantitative estimate of drug-likeness (QED) is 0.335. The molecule has 2 heterocycles. The fourth-order valence-corrected chi connectivity index (χ4v) is 3.64. The minimum atomic E-state index is 1.02. The van der Waals surface area contributed by atoms with Crippen molar-refractivity contribution in [2.24, 2.45) is 0 Å². The number of aromatic nitrogens is 2. The Morgan fingerprint density at radius 2 is 1.50 bits per heavy atom. The minimum absolute atomic E-state index is 1.02. The molecule has 0 fully saturated rings. The van der Waals surface area contributed by atoms with Crippen molar-refractivity contribution >= 4 is 54.3 Å². The smallest absolute Gasteiger partial charge is 0.146 e. The number of hydrogen-bond donors (Lipinski definition) is 0. The Balaban J connectivity index is 2.23. The third kappa shape index (κ3) is 1.52. The van der Waals surface area contributed by atoms with Crippen molar-refractivity contribution in [1.29, 1.82) is 0 Å². The fourth-order valence-electron chi connectivity index (χ4n) is 3.28. The lowest BCUT2D eigenvalue weighted by Crippen LogP contribution is -1.91. The lowest BCUT2D eigenvalue weighted by Gasteiger charge is -2.09. The number of fused-ring (bicyclic) bond motifs is 8. The summed E-state index contributed by atoms with van der Waals surface area (Å²) in [5.74, 6) is 0. The molecule has 0 spiro atoms. The van der Waals surface area contributed by atoms with Crippen LogP contribution < -0.4 is 0 Å². The molecule has 0 aliphatic heterocycles. The van der Waals surface area contributed by atoms with E-state index >= 15 is 0 Å². The zero-order valence-electron chi connectivity index (χ0n) is 11.6. The van der Waals surface area contributed by atoms with Gasteiger partial charge < -0.3 is 0 Å². The summed E-state index contributed by atoms with van der Waals surface area (Å²) in [6.07, 6.45) is 0. The number of halogens is 1. The molecule has 0 unspecified atom stereocenters. The number of benzene rings is 3. The van der Waals surface area contributed by atoms with E-state index in [0.29, 0.717) is 0 Å². The van der Waals surface area contributed by atoms with Gasteiger partial charge in [-0.3, -0.25) is 4.40 Å². The molecule has 22 heavy (non-hydrogen) atoms. The normalized spacial score (nSPS) is 11.9. The summed E-state index contributed by atoms with van der Waals surface area (Å²) in [4.78, 5) is 4.87. The van der Waals surface area contributed by atoms with Gasteiger partial charge in [0.2, 0.25) is 0 Å². The van der Waals surface area contributed by atoms with E-state index in [4.69, 9.17) is 4.98 Å². The van der Waals surface area contributed by atoms with E-state index < -0.39 is 0 Å². The average Bonchev–Trinajstić information content (AvgIpc) is 2.95. The summed E-state index contributed by atoms with van der Waals surface area (Å²) >= 11 is 3.60. The van der Waals surface area contributed by atoms with E-state index in [9.17, 15) is 0 Å². The highest BCUT2D eigenvalue weighted by Crippen LogP contribution is 2.33. The van der Waals surface area contributed by atoms with Crippen LogP contribution in [0, 0.1) is 0 Å². The maximum Gasteiger partial charge on any atom is 0.146 e. The monoisotopic (exact) mass is 346 g/mol. The van der Waals surface area contributed by atoms with Crippen LogP contribution in [-0.2, 0) is 0 Å². The molecule has 5 aromatic rings. The summed E-state index contributed by atoms with van der Waals surface area (Å²) in [5, 5.41) is 3.66. The molecule has 3 aromatic carbocycles. The van der Waals surface area contributed by atoms with Gasteiger partial charge in [-0.15, -0.1) is 0 Å². The summed E-state index contributed by atoms with van der Waals surface area (Å²) in [7, 11) is 0. The second kappa shape index (κ2) is 4.31. The number of imidazole rings is 1. The van der Waals surface area contributed by atoms with Gasteiger partial charge in [-0.2, -0.15) is 0 Å². The average molecular weight is 347 g/mol. The second-order valence-corrected chi connectivity index (χ2v) is 6.38.